The fourth-order valence-corrected chi connectivity index (χ4v) is 4.54. The van der Waals surface area contributed by atoms with Crippen molar-refractivity contribution in [2.24, 2.45) is 10.9 Å². The summed E-state index contributed by atoms with van der Waals surface area (Å²) in [5.74, 6) is 0.194. The Morgan fingerprint density at radius 2 is 1.94 bits per heavy atom. The molecule has 0 aromatic heterocycles. The summed E-state index contributed by atoms with van der Waals surface area (Å²) in [5.41, 5.74) is 1.35. The van der Waals surface area contributed by atoms with Gasteiger partial charge in [-0.3, -0.25) is 14.6 Å². The lowest BCUT2D eigenvalue weighted by Gasteiger charge is -2.26. The maximum Gasteiger partial charge on any atom is 0.181 e. The number of hydrogen-bond acceptors (Lipinski definition) is 5. The summed E-state index contributed by atoms with van der Waals surface area (Å²) in [6, 6.07) is 5.89. The van der Waals surface area contributed by atoms with Gasteiger partial charge >= 0.3 is 0 Å². The second-order valence-corrected chi connectivity index (χ2v) is 8.49. The molecule has 1 saturated heterocycles. The average molecular weight is 466 g/mol. The van der Waals surface area contributed by atoms with Gasteiger partial charge in [0.25, 0.3) is 0 Å². The van der Waals surface area contributed by atoms with Crippen LogP contribution in [0.4, 0.5) is 0 Å². The van der Waals surface area contributed by atoms with Crippen LogP contribution in [0.15, 0.2) is 40.2 Å². The molecule has 6 heteroatoms. The van der Waals surface area contributed by atoms with Crippen LogP contribution < -0.4 is 0 Å². The van der Waals surface area contributed by atoms with Gasteiger partial charge < -0.3 is 4.74 Å². The normalized spacial score (nSPS) is 16.0. The highest BCUT2D eigenvalue weighted by molar-refractivity contribution is 7.98. The molecule has 0 saturated carbocycles. The second-order valence-electron chi connectivity index (χ2n) is 7.24. The largest absolute Gasteiger partial charge is 0.381 e. The zero-order valence-corrected chi connectivity index (χ0v) is 21.0. The standard InChI is InChI=1S/C23H30ClNO3S.C2H6/c1-4-5-20(25-2)22(27)8-7-21(26)18(14-16-10-12-28-13-11-16)17-6-9-23(29-3)19(24)15-17;1-2/h4-6,9,15-16,18H,7-8,10-14H2,1-3H3;1-2H3/b5-4-,25-20?;. The van der Waals surface area contributed by atoms with Crippen LogP contribution >= 0.6 is 23.4 Å². The van der Waals surface area contributed by atoms with Crippen LogP contribution in [0.2, 0.25) is 5.02 Å². The number of nitrogens with zero attached hydrogens (tertiary/aromatic N) is 1. The average Bonchev–Trinajstić information content (AvgIpc) is 2.81. The first-order valence-electron chi connectivity index (χ1n) is 11.1. The van der Waals surface area contributed by atoms with Crippen LogP contribution in [0, 0.1) is 5.92 Å². The molecule has 31 heavy (non-hydrogen) atoms. The Bertz CT molecular complexity index is 770. The molecule has 0 bridgehead atoms. The van der Waals surface area contributed by atoms with Gasteiger partial charge in [-0.15, -0.1) is 11.8 Å². The fraction of sp³-hybridized carbons (Fsp3) is 0.560. The third-order valence-electron chi connectivity index (χ3n) is 5.33. The van der Waals surface area contributed by atoms with Crippen molar-refractivity contribution in [1.29, 1.82) is 0 Å². The monoisotopic (exact) mass is 465 g/mol. The molecular formula is C25H36ClNO3S. The van der Waals surface area contributed by atoms with Crippen molar-refractivity contribution in [2.75, 3.05) is 26.5 Å². The molecule has 1 fully saturated rings. The molecule has 1 aromatic carbocycles. The lowest BCUT2D eigenvalue weighted by atomic mass is 9.81. The van der Waals surface area contributed by atoms with Gasteiger partial charge in [-0.25, -0.2) is 0 Å². The molecule has 4 nitrogen and oxygen atoms in total. The van der Waals surface area contributed by atoms with Crippen LogP contribution in [-0.4, -0.2) is 43.8 Å². The number of Topliss-reactive ketones (excluding diaryl/α,β-unsaturated/α-hetero) is 2. The molecule has 2 rings (SSSR count). The van der Waals surface area contributed by atoms with E-state index in [9.17, 15) is 9.59 Å². The van der Waals surface area contributed by atoms with Crippen molar-refractivity contribution in [3.63, 3.8) is 0 Å². The van der Waals surface area contributed by atoms with Crippen molar-refractivity contribution in [2.45, 2.75) is 63.7 Å². The summed E-state index contributed by atoms with van der Waals surface area (Å²) in [4.78, 5) is 30.6. The van der Waals surface area contributed by atoms with Gasteiger partial charge in [0.15, 0.2) is 5.78 Å². The Kier molecular flexibility index (Phi) is 13.7. The van der Waals surface area contributed by atoms with E-state index in [1.807, 2.05) is 45.2 Å². The number of carbonyl (C=O) groups excluding carboxylic acids is 2. The van der Waals surface area contributed by atoms with Gasteiger partial charge in [0.1, 0.15) is 5.78 Å². The third-order valence-corrected chi connectivity index (χ3v) is 6.55. The highest BCUT2D eigenvalue weighted by Crippen LogP contribution is 2.35. The molecule has 1 heterocycles. The maximum atomic E-state index is 13.2. The lowest BCUT2D eigenvalue weighted by molar-refractivity contribution is -0.123. The van der Waals surface area contributed by atoms with E-state index < -0.39 is 0 Å². The molecule has 1 aliphatic heterocycles. The Morgan fingerprint density at radius 3 is 2.48 bits per heavy atom. The van der Waals surface area contributed by atoms with E-state index in [0.29, 0.717) is 16.7 Å². The van der Waals surface area contributed by atoms with E-state index in [-0.39, 0.29) is 30.3 Å². The van der Waals surface area contributed by atoms with Gasteiger partial charge in [0, 0.05) is 43.9 Å². The van der Waals surface area contributed by atoms with Gasteiger partial charge in [-0.2, -0.15) is 0 Å². The van der Waals surface area contributed by atoms with E-state index in [1.54, 1.807) is 31.0 Å². The summed E-state index contributed by atoms with van der Waals surface area (Å²) in [6.45, 7) is 7.33. The minimum atomic E-state index is -0.247. The third kappa shape index (κ3) is 8.91. The van der Waals surface area contributed by atoms with Crippen molar-refractivity contribution < 1.29 is 14.3 Å². The molecular weight excluding hydrogens is 430 g/mol. The number of thioether (sulfide) groups is 1. The SMILES string of the molecule is C/C=C\C(=NC)C(=O)CCC(=O)C(CC1CCOCC1)c1ccc(SC)c(Cl)c1.CC. The molecule has 1 aromatic rings. The summed E-state index contributed by atoms with van der Waals surface area (Å²) >= 11 is 8.00. The van der Waals surface area contributed by atoms with Crippen LogP contribution in [0.1, 0.15) is 64.4 Å². The van der Waals surface area contributed by atoms with E-state index in [4.69, 9.17) is 16.3 Å². The Balaban J connectivity index is 0.00000233. The topological polar surface area (TPSA) is 55.7 Å². The number of aliphatic imine (C=N–C) groups is 1. The number of rotatable bonds is 10. The van der Waals surface area contributed by atoms with Gasteiger partial charge in [0.2, 0.25) is 0 Å². The van der Waals surface area contributed by atoms with Gasteiger partial charge in [0.05, 0.1) is 10.7 Å². The number of carbonyl (C=O) groups is 2. The quantitative estimate of drug-likeness (QED) is 0.290. The number of benzene rings is 1. The first-order valence-corrected chi connectivity index (χ1v) is 12.7. The van der Waals surface area contributed by atoms with Crippen molar-refractivity contribution >= 4 is 40.6 Å². The number of ketones is 2. The minimum absolute atomic E-state index is 0.0914. The Hall–Kier alpha value is -1.43. The van der Waals surface area contributed by atoms with Crippen LogP contribution in [0.5, 0.6) is 0 Å². The summed E-state index contributed by atoms with van der Waals surface area (Å²) in [6.07, 6.45) is 8.55. The molecule has 0 spiro atoms. The molecule has 172 valence electrons. The zero-order valence-electron chi connectivity index (χ0n) is 19.4. The van der Waals surface area contributed by atoms with Gasteiger partial charge in [-0.05, 0) is 62.1 Å². The first kappa shape index (κ1) is 27.6. The lowest BCUT2D eigenvalue weighted by Crippen LogP contribution is -2.23. The number of ether oxygens (including phenoxy) is 1. The Morgan fingerprint density at radius 1 is 1.26 bits per heavy atom. The van der Waals surface area contributed by atoms with E-state index in [2.05, 4.69) is 4.99 Å². The van der Waals surface area contributed by atoms with Crippen LogP contribution in [0.25, 0.3) is 0 Å². The minimum Gasteiger partial charge on any atom is -0.381 e. The van der Waals surface area contributed by atoms with E-state index in [0.717, 1.165) is 42.9 Å². The maximum absolute atomic E-state index is 13.2. The molecule has 0 aliphatic carbocycles. The molecule has 1 atom stereocenters. The summed E-state index contributed by atoms with van der Waals surface area (Å²) in [7, 11) is 1.60. The van der Waals surface area contributed by atoms with E-state index >= 15 is 0 Å². The molecule has 0 N–H and O–H groups in total. The van der Waals surface area contributed by atoms with Crippen LogP contribution in [0.3, 0.4) is 0 Å². The number of halogens is 1. The highest BCUT2D eigenvalue weighted by atomic mass is 35.5. The smallest absolute Gasteiger partial charge is 0.181 e. The summed E-state index contributed by atoms with van der Waals surface area (Å²) < 4.78 is 5.46. The predicted octanol–water partition coefficient (Wildman–Crippen LogP) is 6.55. The molecule has 1 unspecified atom stereocenters. The molecule has 1 aliphatic rings. The molecule has 0 radical (unpaired) electrons. The highest BCUT2D eigenvalue weighted by Gasteiger charge is 2.27. The van der Waals surface area contributed by atoms with Crippen LogP contribution in [-0.2, 0) is 14.3 Å². The summed E-state index contributed by atoms with van der Waals surface area (Å²) in [5, 5.41) is 0.671. The number of allylic oxidation sites excluding steroid dienone is 2. The first-order chi connectivity index (χ1) is 15.0. The van der Waals surface area contributed by atoms with Gasteiger partial charge in [-0.1, -0.05) is 37.6 Å². The Labute approximate surface area is 196 Å². The number of hydrogen-bond donors (Lipinski definition) is 0. The predicted molar refractivity (Wildman–Crippen MR) is 133 cm³/mol. The fourth-order valence-electron chi connectivity index (χ4n) is 3.66. The van der Waals surface area contributed by atoms with Crippen molar-refractivity contribution in [3.05, 3.63) is 40.9 Å². The molecule has 0 amide bonds. The van der Waals surface area contributed by atoms with E-state index in [1.165, 1.54) is 0 Å². The zero-order chi connectivity index (χ0) is 23.2. The van der Waals surface area contributed by atoms with Crippen molar-refractivity contribution in [1.82, 2.24) is 0 Å². The second kappa shape index (κ2) is 15.4. The van der Waals surface area contributed by atoms with Crippen molar-refractivity contribution in [3.8, 4) is 0 Å².